The van der Waals surface area contributed by atoms with Crippen molar-refractivity contribution in [1.82, 2.24) is 0 Å². The molecule has 2 saturated heterocycles. The number of aliphatic hydroxyl groups is 1. The molecule has 113 heavy (non-hydrogen) atoms. The van der Waals surface area contributed by atoms with E-state index in [0.717, 1.165) is 151 Å². The summed E-state index contributed by atoms with van der Waals surface area (Å²) in [6, 6.07) is 0. The Hall–Kier alpha value is -6.94. The van der Waals surface area contributed by atoms with Crippen molar-refractivity contribution in [2.24, 2.45) is 99.6 Å². The van der Waals surface area contributed by atoms with Crippen LogP contribution in [0.2, 0.25) is 0 Å². The molecule has 21 aliphatic rings. The first-order valence-electron chi connectivity index (χ1n) is 42.7. The maximum Gasteiger partial charge on any atom is 0.347 e. The van der Waals surface area contributed by atoms with E-state index in [2.05, 4.69) is 58.1 Å². The quantitative estimate of drug-likeness (QED) is 0.0367. The molecule has 624 valence electrons. The normalized spacial score (nSPS) is 39.0. The van der Waals surface area contributed by atoms with Crippen molar-refractivity contribution in [2.45, 2.75) is 308 Å². The van der Waals surface area contributed by atoms with Crippen LogP contribution < -0.4 is 0 Å². The number of cyclic esters (lactones) is 1. The summed E-state index contributed by atoms with van der Waals surface area (Å²) in [5, 5.41) is 10.5. The maximum absolute atomic E-state index is 13.2. The number of esters is 10. The molecule has 1 N–H and O–H groups in total. The van der Waals surface area contributed by atoms with E-state index in [9.17, 15) is 53.1 Å². The molecule has 0 amide bonds. The summed E-state index contributed by atoms with van der Waals surface area (Å²) in [5.41, 5.74) is 1.12. The molecule has 2 aliphatic heterocycles. The van der Waals surface area contributed by atoms with Crippen molar-refractivity contribution in [1.29, 1.82) is 0 Å². The highest BCUT2D eigenvalue weighted by molar-refractivity contribution is 5.91. The molecule has 0 aromatic rings. The summed E-state index contributed by atoms with van der Waals surface area (Å²) in [6.45, 7) is 36.5. The molecule has 18 bridgehead atoms. The Kier molecular flexibility index (Phi) is 26.2. The Labute approximate surface area is 668 Å². The molecule has 0 spiro atoms. The van der Waals surface area contributed by atoms with Crippen LogP contribution in [0.25, 0.3) is 0 Å². The summed E-state index contributed by atoms with van der Waals surface area (Å²) in [4.78, 5) is 117. The third kappa shape index (κ3) is 19.4. The molecule has 0 radical (unpaired) electrons. The zero-order valence-corrected chi connectivity index (χ0v) is 68.7. The third-order valence-electron chi connectivity index (χ3n) is 29.1. The van der Waals surface area contributed by atoms with Gasteiger partial charge in [-0.05, 0) is 298 Å². The van der Waals surface area contributed by atoms with Gasteiger partial charge in [-0.1, -0.05) is 59.7 Å². The Morgan fingerprint density at radius 2 is 1.00 bits per heavy atom. The largest absolute Gasteiger partial charge is 0.463 e. The molecule has 13 unspecified atom stereocenters. The number of rotatable bonds is 21. The van der Waals surface area contributed by atoms with Crippen LogP contribution >= 0.6 is 0 Å². The van der Waals surface area contributed by atoms with E-state index in [1.807, 2.05) is 0 Å². The Bertz CT molecular complexity index is 3640. The minimum atomic E-state index is -0.728. The van der Waals surface area contributed by atoms with Gasteiger partial charge in [-0.2, -0.15) is 0 Å². The van der Waals surface area contributed by atoms with Gasteiger partial charge < -0.3 is 57.2 Å². The van der Waals surface area contributed by atoms with Crippen LogP contribution in [-0.2, 0) is 100 Å². The number of ether oxygens (including phenoxy) is 11. The van der Waals surface area contributed by atoms with Crippen LogP contribution in [0.1, 0.15) is 261 Å². The van der Waals surface area contributed by atoms with E-state index in [1.165, 1.54) is 97.3 Å². The SMILES string of the molecule is C=C(C)C(=O)OC1(CC)CCCCC1.C=C(C)C(=O)OC12CC3CC(CC(C3)C1CC)C2.C=C(C)C(=O)OC12CC3CC(CC(O)(C3)C1)C2.C=C(C)C(=O)OC1C2CC3CC1CC(C(=O)OCOCC14CC5CC(CC(C5)C1)C4)(C3)C2.C=C(C)C(=O)OC1CCOC1=O.C=C(C)C(=O)OCC(=O)OC1C2CC3C(=O)OC1C3C2. The number of hydrogen-bond donors (Lipinski definition) is 1. The van der Waals surface area contributed by atoms with Crippen molar-refractivity contribution in [3.8, 4) is 0 Å². The van der Waals surface area contributed by atoms with Crippen molar-refractivity contribution in [2.75, 3.05) is 26.6 Å². The fraction of sp³-hybridized carbons (Fsp3) is 0.758. The van der Waals surface area contributed by atoms with Crippen molar-refractivity contribution >= 4 is 59.7 Å². The van der Waals surface area contributed by atoms with Crippen LogP contribution in [-0.4, -0.2) is 138 Å². The molecule has 0 aromatic heterocycles. The number of hydrogen-bond acceptors (Lipinski definition) is 22. The molecule has 21 rings (SSSR count). The average Bonchev–Trinajstić information content (AvgIpc) is 1.23. The smallest absolute Gasteiger partial charge is 0.347 e. The highest BCUT2D eigenvalue weighted by Crippen LogP contribution is 2.65. The molecule has 2 heterocycles. The molecule has 19 saturated carbocycles. The molecule has 0 aromatic carbocycles. The fourth-order valence-electron chi connectivity index (χ4n) is 25.7. The van der Waals surface area contributed by atoms with E-state index in [4.69, 9.17) is 47.4 Å². The summed E-state index contributed by atoms with van der Waals surface area (Å²) in [7, 11) is 0. The van der Waals surface area contributed by atoms with E-state index < -0.39 is 59.3 Å². The molecule has 13 atom stereocenters. The predicted octanol–water partition coefficient (Wildman–Crippen LogP) is 15.2. The molecule has 22 nitrogen and oxygen atoms in total. The van der Waals surface area contributed by atoms with Gasteiger partial charge in [0.2, 0.25) is 6.10 Å². The lowest BCUT2D eigenvalue weighted by Gasteiger charge is -2.60. The second-order valence-electron chi connectivity index (χ2n) is 38.7. The number of carbonyl (C=O) groups is 10. The summed E-state index contributed by atoms with van der Waals surface area (Å²) in [5.74, 6) is 4.78. The second-order valence-corrected chi connectivity index (χ2v) is 38.7. The highest BCUT2D eigenvalue weighted by atomic mass is 16.7. The van der Waals surface area contributed by atoms with Gasteiger partial charge in [0, 0.05) is 64.0 Å². The van der Waals surface area contributed by atoms with Crippen LogP contribution in [0.4, 0.5) is 0 Å². The van der Waals surface area contributed by atoms with Crippen LogP contribution in [0.3, 0.4) is 0 Å². The standard InChI is InChI=1S/C27H38O5.C16H24O2.C14H16O6.C14H20O3.C12H20O2.C8H10O4/c1-16(2)24(28)32-23-21-6-20-7-22(23)13-27(11-20,12-21)25(29)31-15-30-14-26-8-17-3-18(9-26)5-19(4-17)10-26;1-4-14-13-6-11-5-12(7-13)9-16(14,8-11)18-15(17)10(2)3;1-6(2)13(16)18-5-10(15)19-11-7-3-8-9(4-7)14(17)20-12(8)11;1-9(2)12(15)17-14-6-10-3-11(7-14)5-13(16,4-10)8-14;1-4-12(8-6-5-7-9-12)14-11(13)10(2)3;1-5(2)7(9)12-6-3-4-11-8(6)10/h17-23H,1,3-15H2,2H3;11-14H,2,4-9H2,1,3H3;7-9,11-12H,1,3-5H2,2H3;10-11,16H,1,3-8H2,2H3;2,4-9H2,1,3H3;6H,1,3-4H2,2H3. The fourth-order valence-corrected chi connectivity index (χ4v) is 25.7. The summed E-state index contributed by atoms with van der Waals surface area (Å²) < 4.78 is 59.5. The van der Waals surface area contributed by atoms with Crippen molar-refractivity contribution in [3.05, 3.63) is 72.9 Å². The first kappa shape index (κ1) is 85.4. The molecule has 21 fully saturated rings. The lowest BCUT2D eigenvalue weighted by Crippen LogP contribution is -2.60. The number of carbonyl (C=O) groups excluding carboxylic acids is 10. The van der Waals surface area contributed by atoms with Crippen LogP contribution in [0.5, 0.6) is 0 Å². The van der Waals surface area contributed by atoms with Crippen molar-refractivity contribution in [3.63, 3.8) is 0 Å². The van der Waals surface area contributed by atoms with Gasteiger partial charge in [-0.15, -0.1) is 0 Å². The first-order valence-corrected chi connectivity index (χ1v) is 42.7. The van der Waals surface area contributed by atoms with Gasteiger partial charge in [-0.25, -0.2) is 38.4 Å². The van der Waals surface area contributed by atoms with Gasteiger partial charge in [0.25, 0.3) is 0 Å². The van der Waals surface area contributed by atoms with E-state index in [0.29, 0.717) is 70.8 Å². The highest BCUT2D eigenvalue weighted by Gasteiger charge is 2.65. The minimum Gasteiger partial charge on any atom is -0.463 e. The van der Waals surface area contributed by atoms with Gasteiger partial charge in [-0.3, -0.25) is 9.59 Å². The van der Waals surface area contributed by atoms with E-state index in [1.54, 1.807) is 27.7 Å². The topological polar surface area (TPSA) is 292 Å². The summed E-state index contributed by atoms with van der Waals surface area (Å²) in [6.07, 6.45) is 32.9. The summed E-state index contributed by atoms with van der Waals surface area (Å²) >= 11 is 0. The minimum absolute atomic E-state index is 0.0128. The second kappa shape index (κ2) is 34.7. The third-order valence-corrected chi connectivity index (χ3v) is 29.1. The number of fused-ring (bicyclic) bond motifs is 1. The molecule has 22 heteroatoms. The van der Waals surface area contributed by atoms with Gasteiger partial charge in [0.15, 0.2) is 13.4 Å². The molecule has 19 aliphatic carbocycles. The van der Waals surface area contributed by atoms with E-state index >= 15 is 0 Å². The lowest BCUT2D eigenvalue weighted by atomic mass is 9.48. The lowest BCUT2D eigenvalue weighted by molar-refractivity contribution is -0.217. The Balaban J connectivity index is 0.000000130. The zero-order chi connectivity index (χ0) is 81.4. The van der Waals surface area contributed by atoms with Gasteiger partial charge >= 0.3 is 59.7 Å². The van der Waals surface area contributed by atoms with Gasteiger partial charge in [0.1, 0.15) is 35.1 Å². The Morgan fingerprint density at radius 1 is 0.487 bits per heavy atom. The van der Waals surface area contributed by atoms with Crippen LogP contribution in [0, 0.1) is 99.6 Å². The molecular weight excluding hydrogens is 1440 g/mol. The molecular formula is C91H128O22. The van der Waals surface area contributed by atoms with Crippen LogP contribution in [0.15, 0.2) is 72.9 Å². The zero-order valence-electron chi connectivity index (χ0n) is 68.7. The first-order chi connectivity index (χ1) is 53.4. The van der Waals surface area contributed by atoms with Gasteiger partial charge in [0.05, 0.1) is 30.1 Å². The Morgan fingerprint density at radius 3 is 1.52 bits per heavy atom. The predicted molar refractivity (Wildman–Crippen MR) is 415 cm³/mol. The average molecular weight is 1570 g/mol. The van der Waals surface area contributed by atoms with E-state index in [-0.39, 0.29) is 107 Å². The monoisotopic (exact) mass is 1570 g/mol. The van der Waals surface area contributed by atoms with Crippen molar-refractivity contribution < 1.29 is 105 Å². The maximum atomic E-state index is 13.2.